The maximum Gasteiger partial charge on any atom is 0.255 e. The molecule has 2 N–H and O–H groups in total. The Balaban J connectivity index is 1.51. The van der Waals surface area contributed by atoms with Gasteiger partial charge in [-0.2, -0.15) is 0 Å². The molecule has 0 aliphatic heterocycles. The monoisotopic (exact) mass is 502 g/mol. The van der Waals surface area contributed by atoms with Crippen molar-refractivity contribution in [2.24, 2.45) is 11.8 Å². The molecule has 0 spiro atoms. The third kappa shape index (κ3) is 6.85. The van der Waals surface area contributed by atoms with Gasteiger partial charge in [-0.05, 0) is 80.0 Å². The SMILES string of the molecule is COc1cc(SC)ccc1C(=O)NC[C@H]1CCC[C@@H](CNC(=O)c2ccc(SC)cc2OC)C1. The van der Waals surface area contributed by atoms with Gasteiger partial charge in [0, 0.05) is 22.9 Å². The summed E-state index contributed by atoms with van der Waals surface area (Å²) in [6.45, 7) is 1.25. The Morgan fingerprint density at radius 1 is 0.824 bits per heavy atom. The predicted molar refractivity (Wildman–Crippen MR) is 140 cm³/mol. The maximum absolute atomic E-state index is 12.8. The molecule has 0 saturated heterocycles. The molecule has 1 saturated carbocycles. The fraction of sp³-hybridized carbons (Fsp3) is 0.462. The first-order chi connectivity index (χ1) is 16.5. The lowest BCUT2D eigenvalue weighted by atomic mass is 9.81. The molecule has 34 heavy (non-hydrogen) atoms. The van der Waals surface area contributed by atoms with Crippen LogP contribution < -0.4 is 20.1 Å². The van der Waals surface area contributed by atoms with Crippen LogP contribution >= 0.6 is 23.5 Å². The smallest absolute Gasteiger partial charge is 0.255 e. The van der Waals surface area contributed by atoms with Crippen LogP contribution in [0.25, 0.3) is 0 Å². The number of hydrogen-bond acceptors (Lipinski definition) is 6. The average molecular weight is 503 g/mol. The highest BCUT2D eigenvalue weighted by Gasteiger charge is 2.24. The highest BCUT2D eigenvalue weighted by Crippen LogP contribution is 2.30. The van der Waals surface area contributed by atoms with Crippen LogP contribution in [0, 0.1) is 11.8 Å². The zero-order chi connectivity index (χ0) is 24.5. The van der Waals surface area contributed by atoms with Gasteiger partial charge < -0.3 is 20.1 Å². The fourth-order valence-electron chi connectivity index (χ4n) is 4.41. The minimum Gasteiger partial charge on any atom is -0.496 e. The predicted octanol–water partition coefficient (Wildman–Crippen LogP) is 5.11. The molecular weight excluding hydrogens is 468 g/mol. The minimum absolute atomic E-state index is 0.110. The lowest BCUT2D eigenvalue weighted by Crippen LogP contribution is -2.35. The van der Waals surface area contributed by atoms with Crippen LogP contribution in [0.3, 0.4) is 0 Å². The van der Waals surface area contributed by atoms with Crippen molar-refractivity contribution in [3.8, 4) is 11.5 Å². The molecular formula is C26H34N2O4S2. The number of methoxy groups -OCH3 is 2. The van der Waals surface area contributed by atoms with Crippen LogP contribution in [0.2, 0.25) is 0 Å². The molecule has 2 aromatic carbocycles. The summed E-state index contributed by atoms with van der Waals surface area (Å²) in [5, 5.41) is 6.17. The first kappa shape index (κ1) is 26.3. The van der Waals surface area contributed by atoms with Crippen LogP contribution in [0.1, 0.15) is 46.4 Å². The van der Waals surface area contributed by atoms with Gasteiger partial charge in [0.05, 0.1) is 25.3 Å². The zero-order valence-corrected chi connectivity index (χ0v) is 21.9. The van der Waals surface area contributed by atoms with E-state index in [4.69, 9.17) is 9.47 Å². The van der Waals surface area contributed by atoms with E-state index in [-0.39, 0.29) is 11.8 Å². The normalized spacial score (nSPS) is 17.6. The van der Waals surface area contributed by atoms with Gasteiger partial charge in [-0.3, -0.25) is 9.59 Å². The maximum atomic E-state index is 12.8. The highest BCUT2D eigenvalue weighted by molar-refractivity contribution is 7.98. The second-order valence-electron chi connectivity index (χ2n) is 8.45. The van der Waals surface area contributed by atoms with Gasteiger partial charge in [0.25, 0.3) is 11.8 Å². The van der Waals surface area contributed by atoms with Gasteiger partial charge in [-0.15, -0.1) is 23.5 Å². The molecule has 0 heterocycles. The standard InChI is InChI=1S/C26H34N2O4S2/c1-31-23-13-19(33-3)8-10-21(23)25(29)27-15-17-6-5-7-18(12-17)16-28-26(30)22-11-9-20(34-4)14-24(22)32-2/h8-11,13-14,17-18H,5-7,12,15-16H2,1-4H3,(H,27,29)(H,28,30)/t17-,18+. The molecule has 8 heteroatoms. The Morgan fingerprint density at radius 3 is 1.65 bits per heavy atom. The topological polar surface area (TPSA) is 76.7 Å². The third-order valence-electron chi connectivity index (χ3n) is 6.30. The minimum atomic E-state index is -0.110. The van der Waals surface area contributed by atoms with E-state index in [1.165, 1.54) is 0 Å². The quantitative estimate of drug-likeness (QED) is 0.440. The van der Waals surface area contributed by atoms with Crippen molar-refractivity contribution in [2.75, 3.05) is 39.8 Å². The van der Waals surface area contributed by atoms with E-state index >= 15 is 0 Å². The summed E-state index contributed by atoms with van der Waals surface area (Å²) in [6.07, 6.45) is 8.22. The van der Waals surface area contributed by atoms with E-state index in [1.54, 1.807) is 37.7 Å². The van der Waals surface area contributed by atoms with Gasteiger partial charge in [-0.1, -0.05) is 6.42 Å². The van der Waals surface area contributed by atoms with E-state index in [9.17, 15) is 9.59 Å². The zero-order valence-electron chi connectivity index (χ0n) is 20.3. The number of thioether (sulfide) groups is 2. The van der Waals surface area contributed by atoms with Crippen LogP contribution in [-0.2, 0) is 0 Å². The van der Waals surface area contributed by atoms with Crippen molar-refractivity contribution in [3.05, 3.63) is 47.5 Å². The molecule has 0 bridgehead atoms. The molecule has 0 unspecified atom stereocenters. The van der Waals surface area contributed by atoms with E-state index in [0.29, 0.717) is 47.6 Å². The molecule has 1 fully saturated rings. The van der Waals surface area contributed by atoms with Crippen LogP contribution in [0.5, 0.6) is 11.5 Å². The summed E-state index contributed by atoms with van der Waals surface area (Å²) in [6, 6.07) is 11.3. The van der Waals surface area contributed by atoms with Crippen molar-refractivity contribution in [1.29, 1.82) is 0 Å². The fourth-order valence-corrected chi connectivity index (χ4v) is 5.27. The Hall–Kier alpha value is -2.32. The molecule has 2 amide bonds. The Kier molecular flexibility index (Phi) is 10.0. The van der Waals surface area contributed by atoms with Gasteiger partial charge in [0.1, 0.15) is 11.5 Å². The van der Waals surface area contributed by atoms with E-state index in [2.05, 4.69) is 10.6 Å². The molecule has 1 aliphatic rings. The van der Waals surface area contributed by atoms with Crippen molar-refractivity contribution >= 4 is 35.3 Å². The average Bonchev–Trinajstić information content (AvgIpc) is 2.89. The lowest BCUT2D eigenvalue weighted by Gasteiger charge is -2.29. The molecule has 2 atom stereocenters. The highest BCUT2D eigenvalue weighted by atomic mass is 32.2. The summed E-state index contributed by atoms with van der Waals surface area (Å²) < 4.78 is 10.8. The summed E-state index contributed by atoms with van der Waals surface area (Å²) in [5.41, 5.74) is 1.11. The number of nitrogens with one attached hydrogen (secondary N) is 2. The number of carbonyl (C=O) groups excluding carboxylic acids is 2. The number of benzene rings is 2. The molecule has 1 aliphatic carbocycles. The third-order valence-corrected chi connectivity index (χ3v) is 7.75. The first-order valence-corrected chi connectivity index (χ1v) is 13.9. The van der Waals surface area contributed by atoms with Crippen molar-refractivity contribution in [3.63, 3.8) is 0 Å². The summed E-state index contributed by atoms with van der Waals surface area (Å²) >= 11 is 3.23. The Morgan fingerprint density at radius 2 is 1.26 bits per heavy atom. The summed E-state index contributed by atoms with van der Waals surface area (Å²) in [7, 11) is 3.17. The number of hydrogen-bond donors (Lipinski definition) is 2. The number of carbonyl (C=O) groups is 2. The number of rotatable bonds is 10. The molecule has 0 radical (unpaired) electrons. The Bertz CT molecular complexity index is 921. The Labute approximate surface area is 210 Å². The second-order valence-corrected chi connectivity index (χ2v) is 10.2. The van der Waals surface area contributed by atoms with E-state index in [0.717, 1.165) is 35.5 Å². The van der Waals surface area contributed by atoms with Crippen LogP contribution in [0.15, 0.2) is 46.2 Å². The van der Waals surface area contributed by atoms with Gasteiger partial charge in [-0.25, -0.2) is 0 Å². The molecule has 184 valence electrons. The largest absolute Gasteiger partial charge is 0.496 e. The molecule has 6 nitrogen and oxygen atoms in total. The summed E-state index contributed by atoms with van der Waals surface area (Å²) in [5.74, 6) is 1.75. The first-order valence-electron chi connectivity index (χ1n) is 11.5. The van der Waals surface area contributed by atoms with Crippen molar-refractivity contribution in [2.45, 2.75) is 35.5 Å². The molecule has 2 aromatic rings. The second kappa shape index (κ2) is 13.0. The van der Waals surface area contributed by atoms with Crippen molar-refractivity contribution < 1.29 is 19.1 Å². The van der Waals surface area contributed by atoms with E-state index < -0.39 is 0 Å². The lowest BCUT2D eigenvalue weighted by molar-refractivity contribution is 0.0932. The van der Waals surface area contributed by atoms with Crippen molar-refractivity contribution in [1.82, 2.24) is 10.6 Å². The number of amides is 2. The summed E-state index contributed by atoms with van der Waals surface area (Å²) in [4.78, 5) is 27.6. The van der Waals surface area contributed by atoms with Gasteiger partial charge in [0.15, 0.2) is 0 Å². The van der Waals surface area contributed by atoms with Crippen LogP contribution in [-0.4, -0.2) is 51.6 Å². The van der Waals surface area contributed by atoms with Gasteiger partial charge >= 0.3 is 0 Å². The number of ether oxygens (including phenoxy) is 2. The molecule has 3 rings (SSSR count). The van der Waals surface area contributed by atoms with Crippen LogP contribution in [0.4, 0.5) is 0 Å². The molecule has 0 aromatic heterocycles. The van der Waals surface area contributed by atoms with E-state index in [1.807, 2.05) is 48.9 Å². The van der Waals surface area contributed by atoms with Gasteiger partial charge in [0.2, 0.25) is 0 Å².